The van der Waals surface area contributed by atoms with Crippen LogP contribution in [0.15, 0.2) is 35.6 Å². The molecule has 0 aliphatic heterocycles. The van der Waals surface area contributed by atoms with E-state index in [0.29, 0.717) is 0 Å². The van der Waals surface area contributed by atoms with Gasteiger partial charge in [0.1, 0.15) is 0 Å². The number of aryl methyl sites for hydroxylation is 4. The van der Waals surface area contributed by atoms with Gasteiger partial charge in [0.25, 0.3) is 0 Å². The smallest absolute Gasteiger partial charge is 0.313 e. The van der Waals surface area contributed by atoms with E-state index >= 15 is 0 Å². The Bertz CT molecular complexity index is 608. The molecular formula is C15H18N2O2S. The number of carboxylic acids is 1. The van der Waals surface area contributed by atoms with Crippen LogP contribution in [0.25, 0.3) is 0 Å². The molecule has 0 aliphatic rings. The zero-order valence-electron chi connectivity index (χ0n) is 11.7. The molecule has 0 saturated heterocycles. The minimum atomic E-state index is -0.818. The summed E-state index contributed by atoms with van der Waals surface area (Å²) in [5.41, 5.74) is 3.51. The van der Waals surface area contributed by atoms with Gasteiger partial charge in [-0.3, -0.25) is 4.79 Å². The molecule has 0 aliphatic carbocycles. The Balaban J connectivity index is 2.05. The first-order valence-electron chi connectivity index (χ1n) is 6.49. The first-order chi connectivity index (χ1) is 9.56. The van der Waals surface area contributed by atoms with Crippen LogP contribution in [0, 0.1) is 13.8 Å². The fraction of sp³-hybridized carbons (Fsp3) is 0.333. The standard InChI is InChI=1S/C15H18N2O2S/c1-11-5-3-4-6-13(11)7-8-17-9-12(2)16-15(17)20-10-14(18)19/h3-6,9H,7-8,10H2,1-2H3,(H,18,19). The molecule has 0 radical (unpaired) electrons. The zero-order valence-corrected chi connectivity index (χ0v) is 12.5. The van der Waals surface area contributed by atoms with Gasteiger partial charge in [0.15, 0.2) is 5.16 Å². The Morgan fingerprint density at radius 1 is 1.35 bits per heavy atom. The fourth-order valence-corrected chi connectivity index (χ4v) is 2.83. The molecule has 0 amide bonds. The third kappa shape index (κ3) is 3.87. The van der Waals surface area contributed by atoms with E-state index in [1.165, 1.54) is 22.9 Å². The normalized spacial score (nSPS) is 10.7. The van der Waals surface area contributed by atoms with Crippen LogP contribution < -0.4 is 0 Å². The maximum Gasteiger partial charge on any atom is 0.313 e. The van der Waals surface area contributed by atoms with Gasteiger partial charge in [0, 0.05) is 12.7 Å². The number of nitrogens with zero attached hydrogens (tertiary/aromatic N) is 2. The number of benzene rings is 1. The molecule has 1 aromatic heterocycles. The Hall–Kier alpha value is -1.75. The molecule has 0 spiro atoms. The molecule has 0 fully saturated rings. The number of rotatable bonds is 6. The molecule has 4 nitrogen and oxygen atoms in total. The van der Waals surface area contributed by atoms with Crippen molar-refractivity contribution in [3.8, 4) is 0 Å². The van der Waals surface area contributed by atoms with E-state index in [4.69, 9.17) is 5.11 Å². The van der Waals surface area contributed by atoms with E-state index in [-0.39, 0.29) is 5.75 Å². The van der Waals surface area contributed by atoms with Gasteiger partial charge in [-0.15, -0.1) is 0 Å². The van der Waals surface area contributed by atoms with Gasteiger partial charge < -0.3 is 9.67 Å². The molecule has 1 heterocycles. The van der Waals surface area contributed by atoms with E-state index in [9.17, 15) is 4.79 Å². The van der Waals surface area contributed by atoms with Crippen LogP contribution in [0.1, 0.15) is 16.8 Å². The molecule has 0 atom stereocenters. The SMILES string of the molecule is Cc1cn(CCc2ccccc2C)c(SCC(=O)O)n1. The summed E-state index contributed by atoms with van der Waals surface area (Å²) in [5, 5.41) is 9.54. The van der Waals surface area contributed by atoms with E-state index in [0.717, 1.165) is 23.8 Å². The lowest BCUT2D eigenvalue weighted by Gasteiger charge is -2.08. The average molecular weight is 290 g/mol. The molecule has 0 bridgehead atoms. The molecule has 1 N–H and O–H groups in total. The van der Waals surface area contributed by atoms with Crippen molar-refractivity contribution in [3.63, 3.8) is 0 Å². The summed E-state index contributed by atoms with van der Waals surface area (Å²) in [4.78, 5) is 15.0. The molecule has 2 rings (SSSR count). The predicted octanol–water partition coefficient (Wildman–Crippen LogP) is 2.92. The van der Waals surface area contributed by atoms with Crippen molar-refractivity contribution in [2.75, 3.05) is 5.75 Å². The highest BCUT2D eigenvalue weighted by Gasteiger charge is 2.09. The van der Waals surface area contributed by atoms with Crippen molar-refractivity contribution in [1.82, 2.24) is 9.55 Å². The lowest BCUT2D eigenvalue weighted by Crippen LogP contribution is -2.05. The molecule has 0 saturated carbocycles. The highest BCUT2D eigenvalue weighted by atomic mass is 32.2. The molecule has 20 heavy (non-hydrogen) atoms. The lowest BCUT2D eigenvalue weighted by molar-refractivity contribution is -0.133. The second kappa shape index (κ2) is 6.61. The molecule has 0 unspecified atom stereocenters. The Labute approximate surface area is 122 Å². The van der Waals surface area contributed by atoms with E-state index < -0.39 is 5.97 Å². The van der Waals surface area contributed by atoms with Gasteiger partial charge in [-0.2, -0.15) is 0 Å². The number of thioether (sulfide) groups is 1. The van der Waals surface area contributed by atoms with Gasteiger partial charge in [-0.25, -0.2) is 4.98 Å². The first kappa shape index (κ1) is 14.7. The molecule has 2 aromatic rings. The van der Waals surface area contributed by atoms with Gasteiger partial charge in [0.2, 0.25) is 0 Å². The van der Waals surface area contributed by atoms with Crippen LogP contribution in [0.2, 0.25) is 0 Å². The van der Waals surface area contributed by atoms with Crippen molar-refractivity contribution in [2.24, 2.45) is 0 Å². The minimum absolute atomic E-state index is 0.0425. The number of aromatic nitrogens is 2. The quantitative estimate of drug-likeness (QED) is 0.831. The number of hydrogen-bond acceptors (Lipinski definition) is 3. The summed E-state index contributed by atoms with van der Waals surface area (Å²) < 4.78 is 2.04. The highest BCUT2D eigenvalue weighted by Crippen LogP contribution is 2.18. The summed E-state index contributed by atoms with van der Waals surface area (Å²) in [6, 6.07) is 8.31. The van der Waals surface area contributed by atoms with Crippen LogP contribution in [-0.2, 0) is 17.8 Å². The Morgan fingerprint density at radius 3 is 2.80 bits per heavy atom. The summed E-state index contributed by atoms with van der Waals surface area (Å²) in [6.45, 7) is 4.84. The third-order valence-electron chi connectivity index (χ3n) is 3.07. The Kier molecular flexibility index (Phi) is 4.84. The molecule has 106 valence electrons. The largest absolute Gasteiger partial charge is 0.481 e. The maximum atomic E-state index is 10.7. The maximum absolute atomic E-state index is 10.7. The van der Waals surface area contributed by atoms with Gasteiger partial charge in [0.05, 0.1) is 11.4 Å². The van der Waals surface area contributed by atoms with Crippen LogP contribution in [0.4, 0.5) is 0 Å². The second-order valence-electron chi connectivity index (χ2n) is 4.72. The Morgan fingerprint density at radius 2 is 2.10 bits per heavy atom. The van der Waals surface area contributed by atoms with Crippen LogP contribution >= 0.6 is 11.8 Å². The zero-order chi connectivity index (χ0) is 14.5. The van der Waals surface area contributed by atoms with Crippen molar-refractivity contribution in [2.45, 2.75) is 32.0 Å². The fourth-order valence-electron chi connectivity index (χ4n) is 2.06. The number of imidazole rings is 1. The first-order valence-corrected chi connectivity index (χ1v) is 7.47. The number of carboxylic acid groups (broad SMARTS) is 1. The number of carbonyl (C=O) groups is 1. The number of aliphatic carboxylic acids is 1. The van der Waals surface area contributed by atoms with Crippen molar-refractivity contribution < 1.29 is 9.90 Å². The molecular weight excluding hydrogens is 272 g/mol. The average Bonchev–Trinajstić information content (AvgIpc) is 2.76. The number of hydrogen-bond donors (Lipinski definition) is 1. The van der Waals surface area contributed by atoms with Crippen molar-refractivity contribution in [3.05, 3.63) is 47.3 Å². The van der Waals surface area contributed by atoms with Crippen molar-refractivity contribution in [1.29, 1.82) is 0 Å². The second-order valence-corrected chi connectivity index (χ2v) is 5.66. The minimum Gasteiger partial charge on any atom is -0.481 e. The summed E-state index contributed by atoms with van der Waals surface area (Å²) in [6.07, 6.45) is 2.89. The summed E-state index contributed by atoms with van der Waals surface area (Å²) in [7, 11) is 0. The van der Waals surface area contributed by atoms with E-state index in [1.807, 2.05) is 29.8 Å². The van der Waals surface area contributed by atoms with Crippen molar-refractivity contribution >= 4 is 17.7 Å². The van der Waals surface area contributed by atoms with Crippen LogP contribution in [0.5, 0.6) is 0 Å². The van der Waals surface area contributed by atoms with Crippen LogP contribution in [-0.4, -0.2) is 26.4 Å². The molecule has 1 aromatic carbocycles. The van der Waals surface area contributed by atoms with Gasteiger partial charge in [-0.1, -0.05) is 36.0 Å². The third-order valence-corrected chi connectivity index (χ3v) is 4.04. The van der Waals surface area contributed by atoms with Gasteiger partial charge in [-0.05, 0) is 31.4 Å². The van der Waals surface area contributed by atoms with Gasteiger partial charge >= 0.3 is 5.97 Å². The van der Waals surface area contributed by atoms with Crippen LogP contribution in [0.3, 0.4) is 0 Å². The van der Waals surface area contributed by atoms with E-state index in [1.54, 1.807) is 0 Å². The summed E-state index contributed by atoms with van der Waals surface area (Å²) in [5.74, 6) is -0.776. The van der Waals surface area contributed by atoms with E-state index in [2.05, 4.69) is 24.0 Å². The predicted molar refractivity (Wildman–Crippen MR) is 80.2 cm³/mol. The lowest BCUT2D eigenvalue weighted by atomic mass is 10.1. The topological polar surface area (TPSA) is 55.1 Å². The highest BCUT2D eigenvalue weighted by molar-refractivity contribution is 7.99. The summed E-state index contributed by atoms with van der Waals surface area (Å²) >= 11 is 1.27. The molecule has 5 heteroatoms. The monoisotopic (exact) mass is 290 g/mol.